The molecule has 0 aliphatic carbocycles. The lowest BCUT2D eigenvalue weighted by molar-refractivity contribution is -0.384. The van der Waals surface area contributed by atoms with Crippen LogP contribution >= 0.6 is 0 Å². The Bertz CT molecular complexity index is 642. The topological polar surface area (TPSA) is 106 Å². The number of para-hydroxylation sites is 1. The fraction of sp³-hybridized carbons (Fsp3) is 0.0833. The maximum atomic E-state index is 13.8. The molecule has 7 nitrogen and oxygen atoms in total. The number of hydrazine groups is 1. The third-order valence-corrected chi connectivity index (χ3v) is 2.68. The minimum atomic E-state index is -0.605. The van der Waals surface area contributed by atoms with Crippen LogP contribution in [-0.2, 0) is 0 Å². The van der Waals surface area contributed by atoms with Crippen molar-refractivity contribution in [2.75, 3.05) is 10.7 Å². The van der Waals surface area contributed by atoms with E-state index in [-0.39, 0.29) is 23.0 Å². The average Bonchev–Trinajstić information content (AvgIpc) is 2.42. The summed E-state index contributed by atoms with van der Waals surface area (Å²) in [5.74, 6) is 4.84. The van der Waals surface area contributed by atoms with E-state index >= 15 is 0 Å². The number of anilines is 3. The number of aromatic nitrogens is 1. The number of pyridine rings is 1. The van der Waals surface area contributed by atoms with Gasteiger partial charge in [-0.25, -0.2) is 15.2 Å². The number of benzene rings is 1. The number of nitrogens with two attached hydrogens (primary N) is 1. The van der Waals surface area contributed by atoms with Gasteiger partial charge in [-0.3, -0.25) is 10.1 Å². The van der Waals surface area contributed by atoms with Crippen molar-refractivity contribution >= 4 is 23.0 Å². The predicted molar refractivity (Wildman–Crippen MR) is 73.1 cm³/mol. The van der Waals surface area contributed by atoms with E-state index in [0.29, 0.717) is 5.56 Å². The molecule has 1 heterocycles. The van der Waals surface area contributed by atoms with Crippen molar-refractivity contribution in [3.8, 4) is 0 Å². The lowest BCUT2D eigenvalue weighted by atomic mass is 10.2. The zero-order chi connectivity index (χ0) is 14.7. The fourth-order valence-electron chi connectivity index (χ4n) is 1.68. The van der Waals surface area contributed by atoms with Crippen LogP contribution in [0.2, 0.25) is 0 Å². The fourth-order valence-corrected chi connectivity index (χ4v) is 1.68. The molecule has 0 aliphatic heterocycles. The first-order valence-electron chi connectivity index (χ1n) is 5.67. The molecule has 0 saturated carbocycles. The van der Waals surface area contributed by atoms with Crippen LogP contribution in [0.4, 0.5) is 27.4 Å². The van der Waals surface area contributed by atoms with E-state index in [1.165, 1.54) is 18.2 Å². The molecule has 0 atom stereocenters. The van der Waals surface area contributed by atoms with Crippen LogP contribution in [0.3, 0.4) is 0 Å². The highest BCUT2D eigenvalue weighted by atomic mass is 19.1. The van der Waals surface area contributed by atoms with Crippen molar-refractivity contribution in [1.29, 1.82) is 0 Å². The molecule has 0 aliphatic rings. The van der Waals surface area contributed by atoms with Gasteiger partial charge in [0.15, 0.2) is 0 Å². The lowest BCUT2D eigenvalue weighted by Gasteiger charge is -2.11. The second-order valence-corrected chi connectivity index (χ2v) is 4.02. The van der Waals surface area contributed by atoms with Gasteiger partial charge in [0.1, 0.15) is 11.6 Å². The number of halogens is 1. The van der Waals surface area contributed by atoms with Crippen molar-refractivity contribution in [3.05, 3.63) is 51.8 Å². The van der Waals surface area contributed by atoms with Gasteiger partial charge in [0, 0.05) is 6.07 Å². The first-order chi connectivity index (χ1) is 9.52. The molecule has 0 bridgehead atoms. The van der Waals surface area contributed by atoms with Crippen LogP contribution < -0.4 is 16.6 Å². The molecular formula is C12H12FN5O2. The molecule has 0 saturated heterocycles. The smallest absolute Gasteiger partial charge is 0.311 e. The summed E-state index contributed by atoms with van der Waals surface area (Å²) in [6, 6.07) is 7.09. The third kappa shape index (κ3) is 2.64. The first-order valence-corrected chi connectivity index (χ1v) is 5.67. The van der Waals surface area contributed by atoms with Gasteiger partial charge in [-0.05, 0) is 24.6 Å². The van der Waals surface area contributed by atoms with Crippen LogP contribution in [0.15, 0.2) is 30.3 Å². The molecule has 0 spiro atoms. The van der Waals surface area contributed by atoms with Gasteiger partial charge in [-0.15, -0.1) is 0 Å². The number of rotatable bonds is 4. The number of nitrogens with one attached hydrogen (secondary N) is 2. The number of aryl methyl sites for hydroxylation is 1. The molecule has 0 amide bonds. The van der Waals surface area contributed by atoms with E-state index in [2.05, 4.69) is 15.7 Å². The maximum absolute atomic E-state index is 13.8. The third-order valence-electron chi connectivity index (χ3n) is 2.68. The van der Waals surface area contributed by atoms with Crippen molar-refractivity contribution in [3.63, 3.8) is 0 Å². The van der Waals surface area contributed by atoms with Gasteiger partial charge in [-0.1, -0.05) is 12.1 Å². The lowest BCUT2D eigenvalue weighted by Crippen LogP contribution is -2.10. The summed E-state index contributed by atoms with van der Waals surface area (Å²) in [4.78, 5) is 14.3. The standard InChI is InChI=1S/C12H12FN5O2/c1-7-3-2-4-8(13)11(7)16-12-9(18(19)20)5-6-10(15-12)17-14/h2-6H,14H2,1H3,(H2,15,16,17). The Hall–Kier alpha value is -2.74. The Morgan fingerprint density at radius 2 is 2.10 bits per heavy atom. The van der Waals surface area contributed by atoms with E-state index in [9.17, 15) is 14.5 Å². The van der Waals surface area contributed by atoms with Crippen LogP contribution in [-0.4, -0.2) is 9.91 Å². The highest BCUT2D eigenvalue weighted by molar-refractivity contribution is 5.69. The summed E-state index contributed by atoms with van der Waals surface area (Å²) < 4.78 is 13.8. The van der Waals surface area contributed by atoms with E-state index in [1.54, 1.807) is 19.1 Å². The summed E-state index contributed by atoms with van der Waals surface area (Å²) in [6.07, 6.45) is 0. The van der Waals surface area contributed by atoms with Crippen molar-refractivity contribution in [2.24, 2.45) is 5.84 Å². The molecule has 4 N–H and O–H groups in total. The number of nitro groups is 1. The number of hydrogen-bond acceptors (Lipinski definition) is 6. The van der Waals surface area contributed by atoms with E-state index in [4.69, 9.17) is 5.84 Å². The van der Waals surface area contributed by atoms with Gasteiger partial charge in [-0.2, -0.15) is 0 Å². The molecule has 2 rings (SSSR count). The molecule has 20 heavy (non-hydrogen) atoms. The highest BCUT2D eigenvalue weighted by Crippen LogP contribution is 2.29. The molecule has 104 valence electrons. The van der Waals surface area contributed by atoms with Crippen LogP contribution in [0, 0.1) is 22.9 Å². The zero-order valence-electron chi connectivity index (χ0n) is 10.6. The monoisotopic (exact) mass is 277 g/mol. The molecule has 2 aromatic rings. The maximum Gasteiger partial charge on any atom is 0.311 e. The minimum Gasteiger partial charge on any atom is -0.332 e. The SMILES string of the molecule is Cc1cccc(F)c1Nc1nc(NN)ccc1[N+](=O)[O-]. The van der Waals surface area contributed by atoms with Crippen molar-refractivity contribution in [2.45, 2.75) is 6.92 Å². The van der Waals surface area contributed by atoms with E-state index < -0.39 is 10.7 Å². The van der Waals surface area contributed by atoms with Gasteiger partial charge in [0.05, 0.1) is 10.6 Å². The van der Waals surface area contributed by atoms with Gasteiger partial charge in [0.2, 0.25) is 5.82 Å². The second-order valence-electron chi connectivity index (χ2n) is 4.02. The van der Waals surface area contributed by atoms with Crippen LogP contribution in [0.25, 0.3) is 0 Å². The van der Waals surface area contributed by atoms with E-state index in [0.717, 1.165) is 0 Å². The Labute approximate surface area is 113 Å². The molecule has 8 heteroatoms. The quantitative estimate of drug-likeness (QED) is 0.450. The molecule has 1 aromatic heterocycles. The molecule has 1 aromatic carbocycles. The second kappa shape index (κ2) is 5.49. The average molecular weight is 277 g/mol. The summed E-state index contributed by atoms with van der Waals surface area (Å²) in [7, 11) is 0. The Morgan fingerprint density at radius 3 is 2.70 bits per heavy atom. The number of nitrogen functional groups attached to an aromatic ring is 1. The predicted octanol–water partition coefficient (Wildman–Crippen LogP) is 2.47. The normalized spacial score (nSPS) is 10.2. The summed E-state index contributed by atoms with van der Waals surface area (Å²) >= 11 is 0. The van der Waals surface area contributed by atoms with Gasteiger partial charge >= 0.3 is 5.69 Å². The zero-order valence-corrected chi connectivity index (χ0v) is 10.6. The largest absolute Gasteiger partial charge is 0.332 e. The first kappa shape index (κ1) is 13.7. The summed E-state index contributed by atoms with van der Waals surface area (Å²) in [5.41, 5.74) is 2.75. The van der Waals surface area contributed by atoms with Crippen LogP contribution in [0.1, 0.15) is 5.56 Å². The Morgan fingerprint density at radius 1 is 1.35 bits per heavy atom. The number of nitrogens with zero attached hydrogens (tertiary/aromatic N) is 2. The summed E-state index contributed by atoms with van der Waals surface area (Å²) in [6.45, 7) is 1.68. The van der Waals surface area contributed by atoms with E-state index in [1.807, 2.05) is 0 Å². The Kier molecular flexibility index (Phi) is 3.76. The van der Waals surface area contributed by atoms with Crippen molar-refractivity contribution < 1.29 is 9.31 Å². The molecule has 0 radical (unpaired) electrons. The molecular weight excluding hydrogens is 265 g/mol. The van der Waals surface area contributed by atoms with Crippen molar-refractivity contribution in [1.82, 2.24) is 4.98 Å². The molecule has 0 unspecified atom stereocenters. The Balaban J connectivity index is 2.49. The van der Waals surface area contributed by atoms with Crippen LogP contribution in [0.5, 0.6) is 0 Å². The minimum absolute atomic E-state index is 0.0846. The highest BCUT2D eigenvalue weighted by Gasteiger charge is 2.18. The summed E-state index contributed by atoms with van der Waals surface area (Å²) in [5, 5.41) is 13.6. The molecule has 0 fully saturated rings. The van der Waals surface area contributed by atoms with Gasteiger partial charge in [0.25, 0.3) is 0 Å². The number of hydrogen-bond donors (Lipinski definition) is 3. The van der Waals surface area contributed by atoms with Gasteiger partial charge < -0.3 is 10.7 Å².